The van der Waals surface area contributed by atoms with Crippen LogP contribution < -0.4 is 0 Å². The highest BCUT2D eigenvalue weighted by atomic mass is 16.6. The van der Waals surface area contributed by atoms with E-state index < -0.39 is 6.10 Å². The van der Waals surface area contributed by atoms with Crippen LogP contribution >= 0.6 is 0 Å². The lowest BCUT2D eigenvalue weighted by Gasteiger charge is -2.18. The maximum Gasteiger partial charge on any atom is 0.306 e. The van der Waals surface area contributed by atoms with E-state index in [4.69, 9.17) is 14.2 Å². The van der Waals surface area contributed by atoms with Gasteiger partial charge in [0.15, 0.2) is 6.10 Å². The molecular weight excluding hydrogens is 997 g/mol. The van der Waals surface area contributed by atoms with Gasteiger partial charge in [-0.15, -0.1) is 0 Å². The van der Waals surface area contributed by atoms with E-state index in [1.807, 2.05) is 0 Å². The molecule has 0 spiro atoms. The Kier molecular flexibility index (Phi) is 66.6. The standard InChI is InChI=1S/C75H134O6/c1-4-7-10-13-16-19-22-24-26-28-30-32-34-35-36-37-38-39-41-42-44-46-48-50-53-56-59-62-65-68-74(77)80-71-72(70-79-73(76)67-64-61-58-55-52-21-18-15-12-9-6-3)81-75(78)69-66-63-60-57-54-51-49-47-45-43-40-33-31-29-27-25-23-20-17-14-11-8-5-2/h7,10,16,19,24,26,30,32,35-36,38-39,72H,4-6,8-9,11-15,17-18,20-23,25,27-29,31,33-34,37,40-71H2,1-3H3/b10-7-,19-16-,26-24-,32-30-,36-35-,39-38-. The molecule has 81 heavy (non-hydrogen) atoms. The fourth-order valence-electron chi connectivity index (χ4n) is 10.5. The first kappa shape index (κ1) is 77.9. The van der Waals surface area contributed by atoms with Crippen molar-refractivity contribution in [1.82, 2.24) is 0 Å². The van der Waals surface area contributed by atoms with Crippen LogP contribution in [0.5, 0.6) is 0 Å². The van der Waals surface area contributed by atoms with E-state index in [0.29, 0.717) is 19.3 Å². The molecule has 0 aliphatic carbocycles. The van der Waals surface area contributed by atoms with E-state index in [1.54, 1.807) is 0 Å². The van der Waals surface area contributed by atoms with Crippen molar-refractivity contribution in [2.75, 3.05) is 13.2 Å². The normalized spacial score (nSPS) is 12.5. The summed E-state index contributed by atoms with van der Waals surface area (Å²) in [5.41, 5.74) is 0. The minimum Gasteiger partial charge on any atom is -0.462 e. The van der Waals surface area contributed by atoms with Gasteiger partial charge in [0.2, 0.25) is 0 Å². The lowest BCUT2D eigenvalue weighted by Crippen LogP contribution is -2.30. The fourth-order valence-corrected chi connectivity index (χ4v) is 10.5. The lowest BCUT2D eigenvalue weighted by molar-refractivity contribution is -0.167. The van der Waals surface area contributed by atoms with Crippen molar-refractivity contribution in [3.05, 3.63) is 72.9 Å². The first-order valence-corrected chi connectivity index (χ1v) is 35.4. The molecule has 0 radical (unpaired) electrons. The van der Waals surface area contributed by atoms with Crippen LogP contribution in [0.15, 0.2) is 72.9 Å². The average molecular weight is 1130 g/mol. The van der Waals surface area contributed by atoms with Crippen molar-refractivity contribution < 1.29 is 28.6 Å². The molecule has 0 saturated carbocycles. The second kappa shape index (κ2) is 69.3. The number of allylic oxidation sites excluding steroid dienone is 12. The second-order valence-corrected chi connectivity index (χ2v) is 23.8. The van der Waals surface area contributed by atoms with Gasteiger partial charge in [-0.2, -0.15) is 0 Å². The number of hydrogen-bond donors (Lipinski definition) is 0. The van der Waals surface area contributed by atoms with Crippen molar-refractivity contribution in [3.8, 4) is 0 Å². The molecule has 0 aromatic rings. The highest BCUT2D eigenvalue weighted by Crippen LogP contribution is 2.18. The largest absolute Gasteiger partial charge is 0.462 e. The first-order chi connectivity index (χ1) is 40.0. The summed E-state index contributed by atoms with van der Waals surface area (Å²) in [5, 5.41) is 0. The van der Waals surface area contributed by atoms with Crippen LogP contribution in [0.1, 0.15) is 367 Å². The summed E-state index contributed by atoms with van der Waals surface area (Å²) >= 11 is 0. The SMILES string of the molecule is CC/C=C\C/C=C\C/C=C\C/C=C\C/C=C\C/C=C\CCCCCCCCCCCCC(=O)OCC(COC(=O)CCCCCCCCCCCCC)OC(=O)CCCCCCCCCCCCCCCCCCCCCCCCC. The minimum absolute atomic E-state index is 0.0707. The molecular formula is C75H134O6. The summed E-state index contributed by atoms with van der Waals surface area (Å²) < 4.78 is 17.0. The Morgan fingerprint density at radius 1 is 0.259 bits per heavy atom. The summed E-state index contributed by atoms with van der Waals surface area (Å²) in [6, 6.07) is 0. The van der Waals surface area contributed by atoms with Gasteiger partial charge in [0, 0.05) is 19.3 Å². The zero-order chi connectivity index (χ0) is 58.5. The van der Waals surface area contributed by atoms with Gasteiger partial charge in [0.25, 0.3) is 0 Å². The number of ether oxygens (including phenoxy) is 3. The van der Waals surface area contributed by atoms with E-state index in [-0.39, 0.29) is 31.1 Å². The molecule has 1 atom stereocenters. The highest BCUT2D eigenvalue weighted by Gasteiger charge is 2.19. The van der Waals surface area contributed by atoms with Gasteiger partial charge in [-0.3, -0.25) is 14.4 Å². The molecule has 0 aromatic carbocycles. The molecule has 6 heteroatoms. The van der Waals surface area contributed by atoms with Gasteiger partial charge in [0.05, 0.1) is 0 Å². The summed E-state index contributed by atoms with van der Waals surface area (Å²) in [6.45, 7) is 6.58. The number of rotatable bonds is 65. The molecule has 0 rings (SSSR count). The van der Waals surface area contributed by atoms with Gasteiger partial charge in [-0.1, -0.05) is 351 Å². The maximum absolute atomic E-state index is 12.9. The molecule has 6 nitrogen and oxygen atoms in total. The summed E-state index contributed by atoms with van der Waals surface area (Å²) in [6.07, 6.45) is 90.8. The van der Waals surface area contributed by atoms with Gasteiger partial charge in [-0.25, -0.2) is 0 Å². The van der Waals surface area contributed by atoms with E-state index in [2.05, 4.69) is 93.7 Å². The van der Waals surface area contributed by atoms with Crippen LogP contribution in [0.2, 0.25) is 0 Å². The zero-order valence-corrected chi connectivity index (χ0v) is 54.1. The van der Waals surface area contributed by atoms with Crippen LogP contribution in [0.25, 0.3) is 0 Å². The number of carbonyl (C=O) groups is 3. The van der Waals surface area contributed by atoms with Crippen LogP contribution in [-0.2, 0) is 28.6 Å². The molecule has 0 fully saturated rings. The Balaban J connectivity index is 4.21. The van der Waals surface area contributed by atoms with Crippen molar-refractivity contribution in [2.24, 2.45) is 0 Å². The van der Waals surface area contributed by atoms with Crippen LogP contribution in [0.3, 0.4) is 0 Å². The molecule has 0 amide bonds. The molecule has 0 N–H and O–H groups in total. The molecule has 1 unspecified atom stereocenters. The Morgan fingerprint density at radius 2 is 0.481 bits per heavy atom. The van der Waals surface area contributed by atoms with Gasteiger partial charge < -0.3 is 14.2 Å². The third kappa shape index (κ3) is 67.5. The van der Waals surface area contributed by atoms with Gasteiger partial charge in [-0.05, 0) is 70.6 Å². The topological polar surface area (TPSA) is 78.9 Å². The molecule has 0 aliphatic rings. The number of esters is 3. The lowest BCUT2D eigenvalue weighted by atomic mass is 10.0. The molecule has 0 saturated heterocycles. The van der Waals surface area contributed by atoms with E-state index in [1.165, 1.54) is 231 Å². The first-order valence-electron chi connectivity index (χ1n) is 35.4. The van der Waals surface area contributed by atoms with Crippen molar-refractivity contribution >= 4 is 17.9 Å². The zero-order valence-electron chi connectivity index (χ0n) is 54.1. The van der Waals surface area contributed by atoms with E-state index in [0.717, 1.165) is 96.3 Å². The van der Waals surface area contributed by atoms with Crippen molar-refractivity contribution in [2.45, 2.75) is 374 Å². The second-order valence-electron chi connectivity index (χ2n) is 23.8. The molecule has 0 aliphatic heterocycles. The van der Waals surface area contributed by atoms with Crippen LogP contribution in [0.4, 0.5) is 0 Å². The van der Waals surface area contributed by atoms with Crippen molar-refractivity contribution in [3.63, 3.8) is 0 Å². The van der Waals surface area contributed by atoms with Crippen LogP contribution in [-0.4, -0.2) is 37.2 Å². The average Bonchev–Trinajstić information content (AvgIpc) is 3.47. The van der Waals surface area contributed by atoms with Gasteiger partial charge >= 0.3 is 17.9 Å². The molecule has 0 heterocycles. The maximum atomic E-state index is 12.9. The minimum atomic E-state index is -0.774. The van der Waals surface area contributed by atoms with Gasteiger partial charge in [0.1, 0.15) is 13.2 Å². The smallest absolute Gasteiger partial charge is 0.306 e. The molecule has 0 bridgehead atoms. The highest BCUT2D eigenvalue weighted by molar-refractivity contribution is 5.71. The van der Waals surface area contributed by atoms with E-state index in [9.17, 15) is 14.4 Å². The summed E-state index contributed by atoms with van der Waals surface area (Å²) in [5.74, 6) is -0.853. The fraction of sp³-hybridized carbons (Fsp3) is 0.800. The van der Waals surface area contributed by atoms with E-state index >= 15 is 0 Å². The van der Waals surface area contributed by atoms with Crippen LogP contribution in [0, 0.1) is 0 Å². The summed E-state index contributed by atoms with van der Waals surface area (Å²) in [4.78, 5) is 38.4. The molecule has 470 valence electrons. The third-order valence-electron chi connectivity index (χ3n) is 15.7. The third-order valence-corrected chi connectivity index (χ3v) is 15.7. The monoisotopic (exact) mass is 1130 g/mol. The number of carbonyl (C=O) groups excluding carboxylic acids is 3. The Bertz CT molecular complexity index is 1490. The predicted molar refractivity (Wildman–Crippen MR) is 353 cm³/mol. The Labute approximate surface area is 503 Å². The Morgan fingerprint density at radius 3 is 0.753 bits per heavy atom. The number of hydrogen-bond acceptors (Lipinski definition) is 6. The molecule has 0 aromatic heterocycles. The quantitative estimate of drug-likeness (QED) is 0.0261. The number of unbranched alkanes of at least 4 members (excludes halogenated alkanes) is 42. The summed E-state index contributed by atoms with van der Waals surface area (Å²) in [7, 11) is 0. The van der Waals surface area contributed by atoms with Crippen molar-refractivity contribution in [1.29, 1.82) is 0 Å². The Hall–Kier alpha value is -3.15. The predicted octanol–water partition coefficient (Wildman–Crippen LogP) is 24.4.